The Kier molecular flexibility index (Phi) is 11.7. The molecule has 0 radical (unpaired) electrons. The first-order valence-electron chi connectivity index (χ1n) is 10.6. The normalized spacial score (nSPS) is 13.1. The zero-order valence-electron chi connectivity index (χ0n) is 20.6. The second-order valence-electron chi connectivity index (χ2n) is 10.4. The summed E-state index contributed by atoms with van der Waals surface area (Å²) in [6.07, 6.45) is 10.1. The Balaban J connectivity index is 0.000000752. The van der Waals surface area contributed by atoms with Gasteiger partial charge in [-0.2, -0.15) is 47.6 Å². The number of hydrogen-bond acceptors (Lipinski definition) is 0. The summed E-state index contributed by atoms with van der Waals surface area (Å²) in [5, 5.41) is 0. The van der Waals surface area contributed by atoms with Crippen molar-refractivity contribution < 1.29 is 51.0 Å². The Morgan fingerprint density at radius 2 is 1.47 bits per heavy atom. The van der Waals surface area contributed by atoms with Crippen molar-refractivity contribution >= 4 is 0 Å². The van der Waals surface area contributed by atoms with Gasteiger partial charge in [0.05, 0.1) is 0 Å². The van der Waals surface area contributed by atoms with Crippen LogP contribution < -0.4 is 24.8 Å². The predicted octanol–water partition coefficient (Wildman–Crippen LogP) is 1.91. The van der Waals surface area contributed by atoms with E-state index in [1.165, 1.54) is 44.5 Å². The summed E-state index contributed by atoms with van der Waals surface area (Å²) in [7, 11) is 0. The molecule has 0 amide bonds. The van der Waals surface area contributed by atoms with Crippen molar-refractivity contribution in [1.29, 1.82) is 0 Å². The molecule has 0 nitrogen and oxygen atoms in total. The number of benzene rings is 2. The summed E-state index contributed by atoms with van der Waals surface area (Å²) >= 11 is 0. The first kappa shape index (κ1) is 31.1. The number of halogens is 2. The third kappa shape index (κ3) is 7.31. The molecule has 4 rings (SSSR count). The van der Waals surface area contributed by atoms with Crippen LogP contribution in [0.15, 0.2) is 59.7 Å². The number of hydrogen-bond donors (Lipinski definition) is 0. The van der Waals surface area contributed by atoms with Gasteiger partial charge in [0.25, 0.3) is 0 Å². The summed E-state index contributed by atoms with van der Waals surface area (Å²) in [5.41, 5.74) is 11.3. The molecule has 0 aliphatic heterocycles. The van der Waals surface area contributed by atoms with Crippen molar-refractivity contribution in [2.75, 3.05) is 0 Å². The van der Waals surface area contributed by atoms with Gasteiger partial charge in [-0.15, -0.1) is 22.8 Å². The van der Waals surface area contributed by atoms with E-state index >= 15 is 0 Å². The molecule has 2 aliphatic rings. The number of rotatable bonds is 0. The third-order valence-electron chi connectivity index (χ3n) is 5.60. The van der Waals surface area contributed by atoms with Crippen LogP contribution in [0.1, 0.15) is 77.6 Å². The average molecular weight is 545 g/mol. The zero-order valence-corrected chi connectivity index (χ0v) is 24.6. The van der Waals surface area contributed by atoms with Gasteiger partial charge in [0, 0.05) is 0 Å². The van der Waals surface area contributed by atoms with Gasteiger partial charge < -0.3 is 24.8 Å². The molecule has 3 heteroatoms. The molecule has 0 unspecified atom stereocenters. The molecule has 0 saturated heterocycles. The van der Waals surface area contributed by atoms with E-state index in [2.05, 4.69) is 104 Å². The Bertz CT molecular complexity index is 933. The number of allylic oxidation sites excluding steroid dienone is 6. The van der Waals surface area contributed by atoms with E-state index in [9.17, 15) is 0 Å². The van der Waals surface area contributed by atoms with Gasteiger partial charge in [-0.1, -0.05) is 79.2 Å². The Hall–Kier alpha value is -0.877. The molecule has 0 N–H and O–H groups in total. The van der Waals surface area contributed by atoms with Gasteiger partial charge in [0.15, 0.2) is 0 Å². The smallest absolute Gasteiger partial charge is 1.00 e. The monoisotopic (exact) mass is 542 g/mol. The van der Waals surface area contributed by atoms with Gasteiger partial charge in [0.1, 0.15) is 0 Å². The van der Waals surface area contributed by atoms with Crippen LogP contribution in [-0.4, -0.2) is 0 Å². The van der Waals surface area contributed by atoms with Gasteiger partial charge in [-0.25, -0.2) is 0 Å². The van der Waals surface area contributed by atoms with E-state index in [4.69, 9.17) is 0 Å². The molecule has 0 aromatic heterocycles. The quantitative estimate of drug-likeness (QED) is 0.380. The maximum Gasteiger partial charge on any atom is 4.00 e. The van der Waals surface area contributed by atoms with Crippen molar-refractivity contribution in [2.24, 2.45) is 0 Å². The summed E-state index contributed by atoms with van der Waals surface area (Å²) < 4.78 is 0. The predicted molar refractivity (Wildman–Crippen MR) is 126 cm³/mol. The Labute approximate surface area is 227 Å². The molecule has 2 aliphatic carbocycles. The average Bonchev–Trinajstić information content (AvgIpc) is 3.27. The fourth-order valence-electron chi connectivity index (χ4n) is 3.67. The molecule has 0 saturated carbocycles. The second-order valence-corrected chi connectivity index (χ2v) is 10.4. The third-order valence-corrected chi connectivity index (χ3v) is 5.60. The molecule has 0 heterocycles. The molecular formula is C29H34Cl2Zr. The van der Waals surface area contributed by atoms with Crippen LogP contribution in [0.5, 0.6) is 0 Å². The molecular weight excluding hydrogens is 510 g/mol. The Morgan fingerprint density at radius 1 is 0.844 bits per heavy atom. The molecule has 0 atom stereocenters. The van der Waals surface area contributed by atoms with E-state index < -0.39 is 0 Å². The maximum atomic E-state index is 3.67. The van der Waals surface area contributed by atoms with Crippen molar-refractivity contribution in [3.8, 4) is 11.1 Å². The SMILES string of the molecule is CC(C)(C)c1[c-]c2c(cc1)-c1ccc(C(C)(C)C)cc1C2.CC(C)=C1[C-]=CC=C1.[Cl-].[Cl-].[Zr+4]. The minimum atomic E-state index is 0. The molecule has 0 bridgehead atoms. The van der Waals surface area contributed by atoms with Crippen LogP contribution in [0.4, 0.5) is 0 Å². The molecule has 32 heavy (non-hydrogen) atoms. The van der Waals surface area contributed by atoms with E-state index in [-0.39, 0.29) is 61.8 Å². The topological polar surface area (TPSA) is 0 Å². The standard InChI is InChI=1S/C21H25.C8H9.2ClH.Zr/c1-20(2,3)16-7-9-18-14(12-16)11-15-13-17(21(4,5)6)8-10-19(15)18;1-7(2)8-5-3-4-6-8;;;/h7-10,12H,11H2,1-6H3;3-5H,1-2H3;2*1H;/q2*-1;;;+4/p-2. The van der Waals surface area contributed by atoms with Crippen LogP contribution in [0.2, 0.25) is 0 Å². The van der Waals surface area contributed by atoms with Crippen LogP contribution in [0, 0.1) is 12.1 Å². The fourth-order valence-corrected chi connectivity index (χ4v) is 3.67. The largest absolute Gasteiger partial charge is 4.00 e. The Morgan fingerprint density at radius 3 is 1.94 bits per heavy atom. The zero-order chi connectivity index (χ0) is 21.4. The molecule has 168 valence electrons. The first-order valence-corrected chi connectivity index (χ1v) is 10.6. The van der Waals surface area contributed by atoms with Crippen molar-refractivity contribution in [3.05, 3.63) is 94.1 Å². The second kappa shape index (κ2) is 12.0. The van der Waals surface area contributed by atoms with Gasteiger partial charge in [0.2, 0.25) is 0 Å². The number of fused-ring (bicyclic) bond motifs is 3. The molecule has 2 aromatic carbocycles. The minimum Gasteiger partial charge on any atom is -1.00 e. The van der Waals surface area contributed by atoms with Crippen molar-refractivity contribution in [1.82, 2.24) is 0 Å². The van der Waals surface area contributed by atoms with Crippen molar-refractivity contribution in [2.45, 2.75) is 72.6 Å². The molecule has 0 fully saturated rings. The summed E-state index contributed by atoms with van der Waals surface area (Å²) in [4.78, 5) is 0. The van der Waals surface area contributed by atoms with Crippen LogP contribution in [-0.2, 0) is 43.5 Å². The maximum absolute atomic E-state index is 3.67. The summed E-state index contributed by atoms with van der Waals surface area (Å²) in [5.74, 6) is 0. The van der Waals surface area contributed by atoms with Gasteiger partial charge >= 0.3 is 26.2 Å². The van der Waals surface area contributed by atoms with Crippen LogP contribution in [0.25, 0.3) is 11.1 Å². The van der Waals surface area contributed by atoms with Gasteiger partial charge in [-0.3, -0.25) is 0 Å². The van der Waals surface area contributed by atoms with E-state index in [0.29, 0.717) is 0 Å². The molecule has 2 aromatic rings. The van der Waals surface area contributed by atoms with E-state index in [1.54, 1.807) is 0 Å². The minimum absolute atomic E-state index is 0. The van der Waals surface area contributed by atoms with Gasteiger partial charge in [-0.05, 0) is 28.4 Å². The first-order chi connectivity index (χ1) is 13.5. The molecule has 0 spiro atoms. The van der Waals surface area contributed by atoms with Crippen LogP contribution >= 0.6 is 0 Å². The summed E-state index contributed by atoms with van der Waals surface area (Å²) in [6.45, 7) is 17.8. The van der Waals surface area contributed by atoms with Crippen molar-refractivity contribution in [3.63, 3.8) is 0 Å². The summed E-state index contributed by atoms with van der Waals surface area (Å²) in [6, 6.07) is 15.2. The van der Waals surface area contributed by atoms with Crippen LogP contribution in [0.3, 0.4) is 0 Å². The van der Waals surface area contributed by atoms with E-state index in [1.807, 2.05) is 12.2 Å². The van der Waals surface area contributed by atoms with E-state index in [0.717, 1.165) is 6.42 Å². The fraction of sp³-hybridized carbons (Fsp3) is 0.379.